The van der Waals surface area contributed by atoms with Gasteiger partial charge in [-0.05, 0) is 67.9 Å². The number of hydrogen-bond donors (Lipinski definition) is 1. The zero-order valence-electron chi connectivity index (χ0n) is 17.2. The molecule has 0 aliphatic rings. The molecule has 0 radical (unpaired) electrons. The molecule has 6 heteroatoms. The quantitative estimate of drug-likeness (QED) is 0.489. The first-order valence-electron chi connectivity index (χ1n) is 9.60. The van der Waals surface area contributed by atoms with E-state index < -0.39 is 0 Å². The van der Waals surface area contributed by atoms with Crippen LogP contribution in [-0.4, -0.2) is 19.6 Å². The average molecular weight is 426 g/mol. The van der Waals surface area contributed by atoms with Gasteiger partial charge in [-0.1, -0.05) is 23.7 Å². The van der Waals surface area contributed by atoms with E-state index in [1.807, 2.05) is 38.1 Å². The van der Waals surface area contributed by atoms with Crippen LogP contribution in [0.1, 0.15) is 28.4 Å². The first-order chi connectivity index (χ1) is 14.5. The van der Waals surface area contributed by atoms with Crippen molar-refractivity contribution in [2.75, 3.05) is 19.0 Å². The fourth-order valence-corrected chi connectivity index (χ4v) is 3.14. The minimum Gasteiger partial charge on any atom is -0.495 e. The van der Waals surface area contributed by atoms with E-state index in [2.05, 4.69) is 5.32 Å². The van der Waals surface area contributed by atoms with Gasteiger partial charge in [-0.15, -0.1) is 0 Å². The van der Waals surface area contributed by atoms with E-state index in [4.69, 9.17) is 25.8 Å². The van der Waals surface area contributed by atoms with Gasteiger partial charge in [0.2, 0.25) is 0 Å². The van der Waals surface area contributed by atoms with E-state index in [-0.39, 0.29) is 12.5 Å². The third kappa shape index (κ3) is 5.45. The van der Waals surface area contributed by atoms with Crippen molar-refractivity contribution in [2.45, 2.75) is 20.5 Å². The molecule has 0 saturated heterocycles. The SMILES string of the molecule is CCOc1ccc(C(=O)Nc2cc(Cl)ccc2OC)cc1COc1cccc(C)c1. The summed E-state index contributed by atoms with van der Waals surface area (Å²) in [6.07, 6.45) is 0. The Morgan fingerprint density at radius 3 is 2.53 bits per heavy atom. The fraction of sp³-hybridized carbons (Fsp3) is 0.208. The number of hydrogen-bond acceptors (Lipinski definition) is 4. The van der Waals surface area contributed by atoms with Crippen LogP contribution in [0.25, 0.3) is 0 Å². The number of benzene rings is 3. The summed E-state index contributed by atoms with van der Waals surface area (Å²) in [5.74, 6) is 1.69. The first-order valence-corrected chi connectivity index (χ1v) is 9.98. The van der Waals surface area contributed by atoms with E-state index in [9.17, 15) is 4.79 Å². The summed E-state index contributed by atoms with van der Waals surface area (Å²) in [6.45, 7) is 4.72. The smallest absolute Gasteiger partial charge is 0.255 e. The van der Waals surface area contributed by atoms with E-state index in [1.165, 1.54) is 7.11 Å². The molecule has 0 saturated carbocycles. The zero-order chi connectivity index (χ0) is 21.5. The normalized spacial score (nSPS) is 10.4. The molecule has 0 aromatic heterocycles. The van der Waals surface area contributed by atoms with Gasteiger partial charge in [0.25, 0.3) is 5.91 Å². The molecule has 156 valence electrons. The summed E-state index contributed by atoms with van der Waals surface area (Å²) in [5.41, 5.74) is 2.87. The average Bonchev–Trinajstić information content (AvgIpc) is 2.73. The summed E-state index contributed by atoms with van der Waals surface area (Å²) in [4.78, 5) is 12.8. The Morgan fingerprint density at radius 1 is 1.00 bits per heavy atom. The molecule has 3 rings (SSSR count). The van der Waals surface area contributed by atoms with Crippen molar-refractivity contribution in [3.05, 3.63) is 82.4 Å². The Kier molecular flexibility index (Phi) is 7.20. The largest absolute Gasteiger partial charge is 0.495 e. The number of carbonyl (C=O) groups excluding carboxylic acids is 1. The van der Waals surface area contributed by atoms with Crippen molar-refractivity contribution >= 4 is 23.2 Å². The first kappa shape index (κ1) is 21.5. The summed E-state index contributed by atoms with van der Waals surface area (Å²) in [6, 6.07) is 18.1. The number of ether oxygens (including phenoxy) is 3. The molecule has 3 aromatic rings. The maximum Gasteiger partial charge on any atom is 0.255 e. The van der Waals surface area contributed by atoms with Crippen LogP contribution in [0.4, 0.5) is 5.69 Å². The Hall–Kier alpha value is -3.18. The van der Waals surface area contributed by atoms with Gasteiger partial charge in [-0.25, -0.2) is 0 Å². The van der Waals surface area contributed by atoms with Gasteiger partial charge in [0.1, 0.15) is 23.9 Å². The highest BCUT2D eigenvalue weighted by atomic mass is 35.5. The monoisotopic (exact) mass is 425 g/mol. The minimum absolute atomic E-state index is 0.278. The lowest BCUT2D eigenvalue weighted by Gasteiger charge is -2.14. The lowest BCUT2D eigenvalue weighted by molar-refractivity contribution is 0.102. The molecule has 30 heavy (non-hydrogen) atoms. The maximum atomic E-state index is 12.8. The molecule has 0 fully saturated rings. The second-order valence-corrected chi connectivity index (χ2v) is 7.10. The Morgan fingerprint density at radius 2 is 1.80 bits per heavy atom. The molecule has 0 spiro atoms. The second kappa shape index (κ2) is 10.0. The molecule has 3 aromatic carbocycles. The Labute approximate surface area is 181 Å². The van der Waals surface area contributed by atoms with Crippen LogP contribution in [0.2, 0.25) is 5.02 Å². The van der Waals surface area contributed by atoms with Gasteiger partial charge in [-0.3, -0.25) is 4.79 Å². The van der Waals surface area contributed by atoms with Crippen LogP contribution >= 0.6 is 11.6 Å². The molecule has 1 amide bonds. The van der Waals surface area contributed by atoms with Crippen LogP contribution in [0, 0.1) is 6.92 Å². The van der Waals surface area contributed by atoms with Gasteiger partial charge < -0.3 is 19.5 Å². The number of halogens is 1. The van der Waals surface area contributed by atoms with Crippen molar-refractivity contribution in [3.8, 4) is 17.2 Å². The lowest BCUT2D eigenvalue weighted by atomic mass is 10.1. The van der Waals surface area contributed by atoms with Crippen LogP contribution in [0.15, 0.2) is 60.7 Å². The van der Waals surface area contributed by atoms with Gasteiger partial charge in [0, 0.05) is 16.1 Å². The highest BCUT2D eigenvalue weighted by Crippen LogP contribution is 2.29. The predicted molar refractivity (Wildman–Crippen MR) is 119 cm³/mol. The third-order valence-corrected chi connectivity index (χ3v) is 4.65. The van der Waals surface area contributed by atoms with Crippen LogP contribution in [0.5, 0.6) is 17.2 Å². The summed E-state index contributed by atoms with van der Waals surface area (Å²) in [5, 5.41) is 3.35. The molecular weight excluding hydrogens is 402 g/mol. The zero-order valence-corrected chi connectivity index (χ0v) is 18.0. The molecule has 0 bridgehead atoms. The van der Waals surface area contributed by atoms with Crippen molar-refractivity contribution in [3.63, 3.8) is 0 Å². The van der Waals surface area contributed by atoms with E-state index in [1.54, 1.807) is 36.4 Å². The Bertz CT molecular complexity index is 1040. The Balaban J connectivity index is 1.82. The molecule has 0 atom stereocenters. The highest BCUT2D eigenvalue weighted by Gasteiger charge is 2.14. The fourth-order valence-electron chi connectivity index (χ4n) is 2.97. The standard InChI is InChI=1S/C24H24ClNO4/c1-4-29-22-10-8-17(13-18(22)15-30-20-7-5-6-16(2)12-20)24(27)26-21-14-19(25)9-11-23(21)28-3/h5-14H,4,15H2,1-3H3,(H,26,27). The van der Waals surface area contributed by atoms with Crippen molar-refractivity contribution in [1.82, 2.24) is 0 Å². The number of carbonyl (C=O) groups is 1. The van der Waals surface area contributed by atoms with Crippen molar-refractivity contribution < 1.29 is 19.0 Å². The molecule has 5 nitrogen and oxygen atoms in total. The second-order valence-electron chi connectivity index (χ2n) is 6.66. The molecular formula is C24H24ClNO4. The summed E-state index contributed by atoms with van der Waals surface area (Å²) >= 11 is 6.05. The van der Waals surface area contributed by atoms with Gasteiger partial charge in [-0.2, -0.15) is 0 Å². The molecule has 1 N–H and O–H groups in total. The van der Waals surface area contributed by atoms with E-state index in [0.717, 1.165) is 16.9 Å². The minimum atomic E-state index is -0.282. The molecule has 0 aliphatic carbocycles. The number of amides is 1. The van der Waals surface area contributed by atoms with Gasteiger partial charge in [0.05, 0.1) is 19.4 Å². The number of rotatable bonds is 8. The summed E-state index contributed by atoms with van der Waals surface area (Å²) < 4.78 is 16.9. The van der Waals surface area contributed by atoms with Crippen LogP contribution < -0.4 is 19.5 Å². The number of methoxy groups -OCH3 is 1. The topological polar surface area (TPSA) is 56.8 Å². The van der Waals surface area contributed by atoms with Crippen LogP contribution in [0.3, 0.4) is 0 Å². The molecule has 0 aliphatic heterocycles. The molecule has 0 heterocycles. The van der Waals surface area contributed by atoms with E-state index in [0.29, 0.717) is 34.4 Å². The number of anilines is 1. The number of nitrogens with one attached hydrogen (secondary N) is 1. The van der Waals surface area contributed by atoms with Crippen molar-refractivity contribution in [2.24, 2.45) is 0 Å². The summed E-state index contributed by atoms with van der Waals surface area (Å²) in [7, 11) is 1.54. The van der Waals surface area contributed by atoms with Crippen molar-refractivity contribution in [1.29, 1.82) is 0 Å². The number of aryl methyl sites for hydroxylation is 1. The van der Waals surface area contributed by atoms with Crippen LogP contribution in [-0.2, 0) is 6.61 Å². The van der Waals surface area contributed by atoms with E-state index >= 15 is 0 Å². The predicted octanol–water partition coefficient (Wildman–Crippen LogP) is 5.89. The lowest BCUT2D eigenvalue weighted by Crippen LogP contribution is -2.13. The maximum absolute atomic E-state index is 12.8. The highest BCUT2D eigenvalue weighted by molar-refractivity contribution is 6.31. The van der Waals surface area contributed by atoms with Gasteiger partial charge >= 0.3 is 0 Å². The molecule has 0 unspecified atom stereocenters. The third-order valence-electron chi connectivity index (χ3n) is 4.42. The van der Waals surface area contributed by atoms with Gasteiger partial charge in [0.15, 0.2) is 0 Å².